The van der Waals surface area contributed by atoms with Crippen LogP contribution in [0.15, 0.2) is 52.5 Å². The summed E-state index contributed by atoms with van der Waals surface area (Å²) in [5, 5.41) is 3.34. The molecule has 5 nitrogen and oxygen atoms in total. The summed E-state index contributed by atoms with van der Waals surface area (Å²) >= 11 is 7.44. The first-order valence-corrected chi connectivity index (χ1v) is 10.8. The van der Waals surface area contributed by atoms with E-state index >= 15 is 0 Å². The van der Waals surface area contributed by atoms with Gasteiger partial charge < -0.3 is 9.32 Å². The zero-order chi connectivity index (χ0) is 19.9. The van der Waals surface area contributed by atoms with Crippen molar-refractivity contribution in [2.24, 2.45) is 0 Å². The summed E-state index contributed by atoms with van der Waals surface area (Å²) in [6, 6.07) is 11.0. The number of anilines is 1. The summed E-state index contributed by atoms with van der Waals surface area (Å²) in [5.41, 5.74) is 1.81. The molecule has 7 heteroatoms. The van der Waals surface area contributed by atoms with Gasteiger partial charge in [-0.3, -0.25) is 9.69 Å². The van der Waals surface area contributed by atoms with Crippen molar-refractivity contribution in [1.29, 1.82) is 0 Å². The maximum Gasteiger partial charge on any atom is 0.295 e. The Morgan fingerprint density at radius 3 is 2.61 bits per heavy atom. The molecule has 1 amide bonds. The van der Waals surface area contributed by atoms with Crippen LogP contribution in [0, 0.1) is 0 Å². The zero-order valence-corrected chi connectivity index (χ0v) is 17.7. The molecule has 0 saturated heterocycles. The van der Waals surface area contributed by atoms with Gasteiger partial charge in [-0.2, -0.15) is 0 Å². The Morgan fingerprint density at radius 1 is 1.21 bits per heavy atom. The van der Waals surface area contributed by atoms with E-state index in [-0.39, 0.29) is 5.91 Å². The second kappa shape index (κ2) is 9.87. The molecule has 0 spiro atoms. The Hall–Kier alpha value is -2.15. The average Bonchev–Trinajstić information content (AvgIpc) is 3.41. The zero-order valence-electron chi connectivity index (χ0n) is 16.2. The van der Waals surface area contributed by atoms with Crippen LogP contribution in [0.25, 0.3) is 11.3 Å². The van der Waals surface area contributed by atoms with Gasteiger partial charge in [0, 0.05) is 28.9 Å². The van der Waals surface area contributed by atoms with Crippen molar-refractivity contribution in [3.05, 3.63) is 58.8 Å². The molecule has 0 aliphatic carbocycles. The molecule has 0 unspecified atom stereocenters. The Balaban J connectivity index is 1.80. The normalized spacial score (nSPS) is 11.1. The smallest absolute Gasteiger partial charge is 0.295 e. The minimum absolute atomic E-state index is 0.156. The Morgan fingerprint density at radius 2 is 1.96 bits per heavy atom. The molecular formula is C21H25ClN3O2S+. The Bertz CT molecular complexity index is 873. The molecule has 3 rings (SSSR count). The molecule has 1 aromatic carbocycles. The molecule has 148 valence electrons. The number of nitrogens with zero attached hydrogens (tertiary/aromatic N) is 2. The molecule has 0 bridgehead atoms. The van der Waals surface area contributed by atoms with Gasteiger partial charge in [-0.15, -0.1) is 11.3 Å². The highest BCUT2D eigenvalue weighted by molar-refractivity contribution is 7.14. The van der Waals surface area contributed by atoms with Crippen LogP contribution in [0.2, 0.25) is 5.02 Å². The summed E-state index contributed by atoms with van der Waals surface area (Å²) in [7, 11) is 0. The topological polar surface area (TPSA) is 50.8 Å². The van der Waals surface area contributed by atoms with Crippen molar-refractivity contribution in [3.63, 3.8) is 0 Å². The molecule has 0 atom stereocenters. The van der Waals surface area contributed by atoms with E-state index in [1.807, 2.05) is 29.6 Å². The maximum absolute atomic E-state index is 13.0. The SMILES string of the molecule is CC[NH+](CC)CCCN(C(=O)c1ccco1)c1nc(-c2ccc(Cl)cc2)cs1. The molecule has 0 saturated carbocycles. The number of furan rings is 1. The van der Waals surface area contributed by atoms with Crippen LogP contribution in [0.5, 0.6) is 0 Å². The van der Waals surface area contributed by atoms with Gasteiger partial charge in [0.1, 0.15) is 0 Å². The molecule has 3 aromatic rings. The number of thiazole rings is 1. The van der Waals surface area contributed by atoms with Crippen LogP contribution in [-0.2, 0) is 0 Å². The van der Waals surface area contributed by atoms with E-state index in [2.05, 4.69) is 13.8 Å². The first-order valence-electron chi connectivity index (χ1n) is 9.52. The van der Waals surface area contributed by atoms with Crippen molar-refractivity contribution in [2.75, 3.05) is 31.1 Å². The first-order chi connectivity index (χ1) is 13.6. The number of nitrogens with one attached hydrogen (secondary N) is 1. The average molecular weight is 419 g/mol. The number of carbonyl (C=O) groups is 1. The molecule has 0 radical (unpaired) electrons. The third-order valence-corrected chi connectivity index (χ3v) is 5.87. The fraction of sp³-hybridized carbons (Fsp3) is 0.333. The van der Waals surface area contributed by atoms with E-state index in [1.165, 1.54) is 22.5 Å². The number of carbonyl (C=O) groups excluding carboxylic acids is 1. The molecule has 28 heavy (non-hydrogen) atoms. The van der Waals surface area contributed by atoms with Crippen LogP contribution in [0.4, 0.5) is 5.13 Å². The van der Waals surface area contributed by atoms with Crippen LogP contribution in [0.3, 0.4) is 0 Å². The predicted molar refractivity (Wildman–Crippen MR) is 114 cm³/mol. The van der Waals surface area contributed by atoms with Crippen molar-refractivity contribution in [2.45, 2.75) is 20.3 Å². The van der Waals surface area contributed by atoms with Crippen molar-refractivity contribution in [3.8, 4) is 11.3 Å². The second-order valence-corrected chi connectivity index (χ2v) is 7.79. The molecule has 0 aliphatic rings. The summed E-state index contributed by atoms with van der Waals surface area (Å²) in [5.74, 6) is 0.176. The van der Waals surface area contributed by atoms with Gasteiger partial charge in [-0.05, 0) is 38.1 Å². The van der Waals surface area contributed by atoms with E-state index in [0.717, 1.165) is 37.3 Å². The Kier molecular flexibility index (Phi) is 7.25. The third-order valence-electron chi connectivity index (χ3n) is 4.75. The lowest BCUT2D eigenvalue weighted by atomic mass is 10.2. The highest BCUT2D eigenvalue weighted by atomic mass is 35.5. The lowest BCUT2D eigenvalue weighted by Gasteiger charge is -2.21. The number of quaternary nitrogens is 1. The molecule has 2 heterocycles. The van der Waals surface area contributed by atoms with Gasteiger partial charge in [0.25, 0.3) is 5.91 Å². The van der Waals surface area contributed by atoms with Crippen molar-refractivity contribution >= 4 is 34.0 Å². The van der Waals surface area contributed by atoms with Crippen molar-refractivity contribution < 1.29 is 14.1 Å². The summed E-state index contributed by atoms with van der Waals surface area (Å²) < 4.78 is 5.34. The Labute approximate surface area is 174 Å². The summed E-state index contributed by atoms with van der Waals surface area (Å²) in [4.78, 5) is 20.9. The second-order valence-electron chi connectivity index (χ2n) is 6.52. The third kappa shape index (κ3) is 5.01. The quantitative estimate of drug-likeness (QED) is 0.571. The monoisotopic (exact) mass is 418 g/mol. The number of rotatable bonds is 9. The minimum atomic E-state index is -0.156. The molecule has 1 N–H and O–H groups in total. The molecule has 0 fully saturated rings. The number of hydrogen-bond donors (Lipinski definition) is 1. The standard InChI is InChI=1S/C21H24ClN3O2S/c1-3-24(4-2)12-6-13-25(20(26)19-7-5-14-27-19)21-23-18(15-28-21)16-8-10-17(22)11-9-16/h5,7-11,14-15H,3-4,6,12-13H2,1-2H3/p+1. The van der Waals surface area contributed by atoms with E-state index in [4.69, 9.17) is 21.0 Å². The van der Waals surface area contributed by atoms with Gasteiger partial charge in [-0.25, -0.2) is 4.98 Å². The van der Waals surface area contributed by atoms with E-state index < -0.39 is 0 Å². The number of aromatic nitrogens is 1. The minimum Gasteiger partial charge on any atom is -0.459 e. The maximum atomic E-state index is 13.0. The van der Waals surface area contributed by atoms with Crippen molar-refractivity contribution in [1.82, 2.24) is 4.98 Å². The lowest BCUT2D eigenvalue weighted by molar-refractivity contribution is -0.896. The number of benzene rings is 1. The van der Waals surface area contributed by atoms with Gasteiger partial charge >= 0.3 is 0 Å². The van der Waals surface area contributed by atoms with Crippen LogP contribution in [-0.4, -0.2) is 37.1 Å². The van der Waals surface area contributed by atoms with E-state index in [0.29, 0.717) is 22.5 Å². The van der Waals surface area contributed by atoms with Gasteiger partial charge in [0.2, 0.25) is 0 Å². The van der Waals surface area contributed by atoms with E-state index in [9.17, 15) is 4.79 Å². The predicted octanol–water partition coefficient (Wildman–Crippen LogP) is 4.02. The van der Waals surface area contributed by atoms with Gasteiger partial charge in [0.05, 0.1) is 31.6 Å². The molecular weight excluding hydrogens is 394 g/mol. The van der Waals surface area contributed by atoms with Gasteiger partial charge in [0.15, 0.2) is 10.9 Å². The largest absolute Gasteiger partial charge is 0.459 e. The summed E-state index contributed by atoms with van der Waals surface area (Å²) in [6.45, 7) is 8.16. The number of hydrogen-bond acceptors (Lipinski definition) is 4. The molecule has 2 aromatic heterocycles. The first kappa shape index (κ1) is 20.6. The molecule has 0 aliphatic heterocycles. The van der Waals surface area contributed by atoms with Gasteiger partial charge in [-0.1, -0.05) is 23.7 Å². The van der Waals surface area contributed by atoms with E-state index in [1.54, 1.807) is 17.0 Å². The lowest BCUT2D eigenvalue weighted by Crippen LogP contribution is -3.11. The van der Waals surface area contributed by atoms with Crippen LogP contribution in [0.1, 0.15) is 30.8 Å². The fourth-order valence-electron chi connectivity index (χ4n) is 3.05. The highest BCUT2D eigenvalue weighted by Gasteiger charge is 2.23. The highest BCUT2D eigenvalue weighted by Crippen LogP contribution is 2.29. The number of halogens is 1. The van der Waals surface area contributed by atoms with Crippen LogP contribution >= 0.6 is 22.9 Å². The fourth-order valence-corrected chi connectivity index (χ4v) is 4.03. The summed E-state index contributed by atoms with van der Waals surface area (Å²) in [6.07, 6.45) is 2.42. The van der Waals surface area contributed by atoms with Crippen LogP contribution < -0.4 is 9.80 Å². The number of amides is 1.